The van der Waals surface area contributed by atoms with Crippen LogP contribution in [0, 0.1) is 0 Å². The second-order valence-corrected chi connectivity index (χ2v) is 3.32. The number of carbonyl (C=O) groups excluding carboxylic acids is 2. The van der Waals surface area contributed by atoms with Crippen molar-refractivity contribution in [1.29, 1.82) is 0 Å². The molecule has 0 atom stereocenters. The van der Waals surface area contributed by atoms with Gasteiger partial charge in [0.15, 0.2) is 0 Å². The highest BCUT2D eigenvalue weighted by molar-refractivity contribution is 7.85. The molecule has 0 spiro atoms. The Morgan fingerprint density at radius 3 is 1.78 bits per heavy atom. The Morgan fingerprint density at radius 2 is 1.67 bits per heavy atom. The number of thiol groups is 1. The van der Waals surface area contributed by atoms with E-state index in [1.807, 2.05) is 0 Å². The molecule has 0 saturated heterocycles. The normalized spacial score (nSPS) is 9.67. The maximum Gasteiger partial charge on any atom is 0.575 e. The summed E-state index contributed by atoms with van der Waals surface area (Å²) in [7, 11) is 0. The summed E-state index contributed by atoms with van der Waals surface area (Å²) in [6.07, 6.45) is -4.91. The van der Waals surface area contributed by atoms with Crippen molar-refractivity contribution in [3.05, 3.63) is 23.6 Å². The van der Waals surface area contributed by atoms with Gasteiger partial charge in [-0.25, -0.2) is 9.59 Å². The average Bonchev–Trinajstić information content (AvgIpc) is 2.16. The SMILES string of the molecule is C=C(C)C(=O)OC(F)(F)F.C=C(S)C(=O)OCC. The van der Waals surface area contributed by atoms with E-state index in [9.17, 15) is 22.8 Å². The minimum Gasteiger partial charge on any atom is -0.462 e. The van der Waals surface area contributed by atoms with E-state index in [0.717, 1.165) is 6.92 Å². The lowest BCUT2D eigenvalue weighted by molar-refractivity contribution is -0.303. The minimum absolute atomic E-state index is 0.145. The zero-order valence-corrected chi connectivity index (χ0v) is 10.7. The summed E-state index contributed by atoms with van der Waals surface area (Å²) < 4.78 is 41.0. The van der Waals surface area contributed by atoms with Gasteiger partial charge in [-0.05, 0) is 13.8 Å². The molecule has 104 valence electrons. The first-order valence-corrected chi connectivity index (χ1v) is 4.96. The molecular formula is C10H13F3O4S. The Labute approximate surface area is 108 Å². The van der Waals surface area contributed by atoms with Gasteiger partial charge >= 0.3 is 18.3 Å². The summed E-state index contributed by atoms with van der Waals surface area (Å²) in [5.74, 6) is -1.90. The first-order valence-electron chi connectivity index (χ1n) is 4.51. The monoisotopic (exact) mass is 286 g/mol. The van der Waals surface area contributed by atoms with Gasteiger partial charge in [0, 0.05) is 5.57 Å². The lowest BCUT2D eigenvalue weighted by Crippen LogP contribution is -2.19. The van der Waals surface area contributed by atoms with E-state index < -0.39 is 18.3 Å². The third-order valence-electron chi connectivity index (χ3n) is 1.07. The molecule has 8 heteroatoms. The Kier molecular flexibility index (Phi) is 9.06. The van der Waals surface area contributed by atoms with Crippen LogP contribution >= 0.6 is 12.6 Å². The maximum absolute atomic E-state index is 11.2. The van der Waals surface area contributed by atoms with Crippen LogP contribution in [0.3, 0.4) is 0 Å². The van der Waals surface area contributed by atoms with Crippen molar-refractivity contribution in [2.75, 3.05) is 6.61 Å². The van der Waals surface area contributed by atoms with Crippen LogP contribution in [0.4, 0.5) is 13.2 Å². The Morgan fingerprint density at radius 1 is 1.22 bits per heavy atom. The van der Waals surface area contributed by atoms with Gasteiger partial charge in [-0.2, -0.15) is 0 Å². The molecule has 0 fully saturated rings. The summed E-state index contributed by atoms with van der Waals surface area (Å²) >= 11 is 3.66. The number of halogens is 3. The van der Waals surface area contributed by atoms with Crippen LogP contribution in [0.25, 0.3) is 0 Å². The van der Waals surface area contributed by atoms with Crippen LogP contribution in [-0.2, 0) is 19.1 Å². The average molecular weight is 286 g/mol. The van der Waals surface area contributed by atoms with E-state index in [0.29, 0.717) is 6.61 Å². The summed E-state index contributed by atoms with van der Waals surface area (Å²) in [6.45, 7) is 9.47. The molecule has 0 rings (SSSR count). The highest BCUT2D eigenvalue weighted by Crippen LogP contribution is 2.17. The van der Waals surface area contributed by atoms with Gasteiger partial charge in [0.25, 0.3) is 0 Å². The van der Waals surface area contributed by atoms with Crippen molar-refractivity contribution in [3.8, 4) is 0 Å². The van der Waals surface area contributed by atoms with Crippen LogP contribution in [0.2, 0.25) is 0 Å². The molecule has 0 N–H and O–H groups in total. The van der Waals surface area contributed by atoms with Gasteiger partial charge in [0.1, 0.15) is 0 Å². The van der Waals surface area contributed by atoms with Crippen molar-refractivity contribution in [2.45, 2.75) is 20.2 Å². The van der Waals surface area contributed by atoms with Crippen LogP contribution in [0.5, 0.6) is 0 Å². The third kappa shape index (κ3) is 12.6. The Balaban J connectivity index is 0. The molecule has 0 saturated carbocycles. The van der Waals surface area contributed by atoms with Crippen molar-refractivity contribution in [2.24, 2.45) is 0 Å². The van der Waals surface area contributed by atoms with E-state index in [1.165, 1.54) is 0 Å². The van der Waals surface area contributed by atoms with Crippen LogP contribution in [-0.4, -0.2) is 24.9 Å². The standard InChI is InChI=1S/C5H5F3O2.C5H8O2S/c1-3(2)4(9)10-5(6,7)8;1-3-7-5(6)4(2)8/h1H2,2H3;8H,2-3H2,1H3. The van der Waals surface area contributed by atoms with Gasteiger partial charge in [-0.3, -0.25) is 0 Å². The number of rotatable bonds is 3. The number of hydrogen-bond acceptors (Lipinski definition) is 5. The minimum atomic E-state index is -4.91. The number of alkyl halides is 3. The molecule has 0 aliphatic rings. The Bertz CT molecular complexity index is 337. The Hall–Kier alpha value is -1.44. The fourth-order valence-electron chi connectivity index (χ4n) is 0.407. The molecule has 0 aromatic carbocycles. The zero-order valence-electron chi connectivity index (χ0n) is 9.84. The predicted octanol–water partition coefficient (Wildman–Crippen LogP) is 2.62. The van der Waals surface area contributed by atoms with E-state index >= 15 is 0 Å². The maximum atomic E-state index is 11.2. The van der Waals surface area contributed by atoms with Crippen LogP contribution in [0.15, 0.2) is 23.6 Å². The first kappa shape index (κ1) is 18.9. The van der Waals surface area contributed by atoms with Gasteiger partial charge in [-0.1, -0.05) is 13.2 Å². The molecular weight excluding hydrogens is 273 g/mol. The second kappa shape index (κ2) is 8.62. The summed E-state index contributed by atoms with van der Waals surface area (Å²) in [6, 6.07) is 0. The number of ether oxygens (including phenoxy) is 2. The van der Waals surface area contributed by atoms with Crippen LogP contribution in [0.1, 0.15) is 13.8 Å². The first-order chi connectivity index (χ1) is 8.01. The molecule has 0 aromatic rings. The smallest absolute Gasteiger partial charge is 0.462 e. The fourth-order valence-corrected chi connectivity index (χ4v) is 0.471. The van der Waals surface area contributed by atoms with Gasteiger partial charge in [0.05, 0.1) is 11.5 Å². The largest absolute Gasteiger partial charge is 0.575 e. The molecule has 0 aromatic heterocycles. The zero-order chi connectivity index (χ0) is 14.9. The molecule has 0 unspecified atom stereocenters. The van der Waals surface area contributed by atoms with Gasteiger partial charge in [0.2, 0.25) is 0 Å². The predicted molar refractivity (Wildman–Crippen MR) is 61.7 cm³/mol. The van der Waals surface area contributed by atoms with Crippen LogP contribution < -0.4 is 0 Å². The van der Waals surface area contributed by atoms with Crippen molar-refractivity contribution < 1.29 is 32.2 Å². The number of hydrogen-bond donors (Lipinski definition) is 1. The molecule has 18 heavy (non-hydrogen) atoms. The third-order valence-corrected chi connectivity index (χ3v) is 1.25. The van der Waals surface area contributed by atoms with E-state index in [2.05, 4.69) is 35.3 Å². The molecule has 0 amide bonds. The molecule has 4 nitrogen and oxygen atoms in total. The number of carbonyl (C=O) groups is 2. The lowest BCUT2D eigenvalue weighted by Gasteiger charge is -2.05. The summed E-state index contributed by atoms with van der Waals surface area (Å²) in [5, 5.41) is 0. The number of esters is 2. The topological polar surface area (TPSA) is 52.6 Å². The van der Waals surface area contributed by atoms with Crippen molar-refractivity contribution in [3.63, 3.8) is 0 Å². The molecule has 0 radical (unpaired) electrons. The summed E-state index contributed by atoms with van der Waals surface area (Å²) in [5.41, 5.74) is -0.280. The lowest BCUT2D eigenvalue weighted by atomic mass is 10.4. The van der Waals surface area contributed by atoms with E-state index in [1.54, 1.807) is 6.92 Å². The van der Waals surface area contributed by atoms with Crippen molar-refractivity contribution >= 4 is 24.6 Å². The highest BCUT2D eigenvalue weighted by atomic mass is 32.1. The molecule has 0 aliphatic heterocycles. The van der Waals surface area contributed by atoms with Crippen molar-refractivity contribution in [1.82, 2.24) is 0 Å². The molecule has 0 aliphatic carbocycles. The summed E-state index contributed by atoms with van der Waals surface area (Å²) in [4.78, 5) is 20.6. The fraction of sp³-hybridized carbons (Fsp3) is 0.400. The van der Waals surface area contributed by atoms with E-state index in [4.69, 9.17) is 0 Å². The van der Waals surface area contributed by atoms with E-state index in [-0.39, 0.29) is 10.5 Å². The molecule has 0 bridgehead atoms. The quantitative estimate of drug-likeness (QED) is 0.492. The highest BCUT2D eigenvalue weighted by Gasteiger charge is 2.33. The second-order valence-electron chi connectivity index (χ2n) is 2.78. The van der Waals surface area contributed by atoms with Gasteiger partial charge < -0.3 is 9.47 Å². The molecule has 0 heterocycles. The van der Waals surface area contributed by atoms with Gasteiger partial charge in [-0.15, -0.1) is 25.8 Å².